The number of nitrogens with two attached hydrogens (primary N) is 1. The maximum atomic E-state index is 12.8. The number of aromatic nitrogens is 2. The SMILES string of the molecule is CC12CCCN1CC(F)C2.CCCc1c(CC2CCCC(C)c3ccc(N)c(C#N)c32)nc(CC)nc1N1CC2(CCC(C)CC2)C1. The summed E-state index contributed by atoms with van der Waals surface area (Å²) in [5, 5.41) is 10.1. The maximum Gasteiger partial charge on any atom is 0.135 e. The van der Waals surface area contributed by atoms with Crippen molar-refractivity contribution in [1.82, 2.24) is 14.9 Å². The van der Waals surface area contributed by atoms with E-state index >= 15 is 0 Å². The topological polar surface area (TPSA) is 82.1 Å². The van der Waals surface area contributed by atoms with Gasteiger partial charge in [0.2, 0.25) is 0 Å². The van der Waals surface area contributed by atoms with Gasteiger partial charge in [0.15, 0.2) is 0 Å². The Morgan fingerprint density at radius 1 is 1.04 bits per heavy atom. The molecule has 2 aliphatic carbocycles. The summed E-state index contributed by atoms with van der Waals surface area (Å²) >= 11 is 0. The molecule has 0 amide bonds. The van der Waals surface area contributed by atoms with Crippen LogP contribution in [-0.2, 0) is 19.3 Å². The molecule has 1 spiro atoms. The second kappa shape index (κ2) is 14.0. The van der Waals surface area contributed by atoms with Crippen molar-refractivity contribution < 1.29 is 4.39 Å². The van der Waals surface area contributed by atoms with Crippen LogP contribution in [0.2, 0.25) is 0 Å². The van der Waals surface area contributed by atoms with Gasteiger partial charge in [-0.25, -0.2) is 14.4 Å². The van der Waals surface area contributed by atoms with Crippen molar-refractivity contribution in [2.45, 2.75) is 148 Å². The average Bonchev–Trinajstić information content (AvgIpc) is 3.47. The first-order valence-electron chi connectivity index (χ1n) is 18.9. The molecule has 4 atom stereocenters. The lowest BCUT2D eigenvalue weighted by Gasteiger charge is -2.54. The van der Waals surface area contributed by atoms with Crippen molar-refractivity contribution in [1.29, 1.82) is 5.26 Å². The number of fused-ring (bicyclic) bond motifs is 2. The second-order valence-corrected chi connectivity index (χ2v) is 16.3. The van der Waals surface area contributed by atoms with Crippen LogP contribution in [0.15, 0.2) is 12.1 Å². The highest BCUT2D eigenvalue weighted by Gasteiger charge is 2.46. The van der Waals surface area contributed by atoms with E-state index in [1.807, 2.05) is 6.07 Å². The third kappa shape index (κ3) is 6.91. The van der Waals surface area contributed by atoms with Crippen LogP contribution < -0.4 is 10.6 Å². The third-order valence-corrected chi connectivity index (χ3v) is 12.6. The molecule has 7 rings (SSSR count). The van der Waals surface area contributed by atoms with Crippen LogP contribution in [-0.4, -0.2) is 52.8 Å². The number of halogens is 1. The molecule has 47 heavy (non-hydrogen) atoms. The predicted molar refractivity (Wildman–Crippen MR) is 191 cm³/mol. The number of anilines is 2. The Bertz CT molecular complexity index is 1450. The molecule has 6 nitrogen and oxygen atoms in total. The Morgan fingerprint density at radius 3 is 2.49 bits per heavy atom. The number of nitriles is 1. The second-order valence-electron chi connectivity index (χ2n) is 16.3. The van der Waals surface area contributed by atoms with E-state index in [1.54, 1.807) is 0 Å². The molecule has 4 heterocycles. The lowest BCUT2D eigenvalue weighted by Crippen LogP contribution is -2.58. The standard InChI is InChI=1S/C32H45N5.C8H14FN/c1-5-8-25-28(17-23-10-7-9-22(4)24-11-12-27(34)26(18-33)30(23)24)35-29(6-2)36-31(25)37-19-32(20-37)15-13-21(3)14-16-32;1-8-3-2-4-10(8)6-7(9)5-8/h11-12,21-23H,5-10,13-17,19-20,34H2,1-4H3;7H,2-6H2,1H3. The van der Waals surface area contributed by atoms with E-state index in [0.29, 0.717) is 29.1 Å². The minimum absolute atomic E-state index is 0.236. The highest BCUT2D eigenvalue weighted by molar-refractivity contribution is 5.62. The van der Waals surface area contributed by atoms with E-state index in [0.717, 1.165) is 76.3 Å². The van der Waals surface area contributed by atoms with Gasteiger partial charge in [-0.1, -0.05) is 59.4 Å². The number of rotatable bonds is 6. The molecule has 0 radical (unpaired) electrons. The fourth-order valence-corrected chi connectivity index (χ4v) is 9.72. The number of aryl methyl sites for hydroxylation is 1. The summed E-state index contributed by atoms with van der Waals surface area (Å²) in [6.45, 7) is 15.4. The molecule has 3 aliphatic heterocycles. The molecule has 4 fully saturated rings. The van der Waals surface area contributed by atoms with Gasteiger partial charge in [-0.05, 0) is 106 Å². The van der Waals surface area contributed by atoms with Crippen LogP contribution >= 0.6 is 0 Å². The molecule has 5 aliphatic rings. The molecule has 3 saturated heterocycles. The number of benzene rings is 1. The quantitative estimate of drug-likeness (QED) is 0.251. The van der Waals surface area contributed by atoms with Crippen molar-refractivity contribution in [2.24, 2.45) is 11.3 Å². The Hall–Kier alpha value is -2.72. The van der Waals surface area contributed by atoms with E-state index in [-0.39, 0.29) is 11.5 Å². The summed E-state index contributed by atoms with van der Waals surface area (Å²) in [6.07, 6.45) is 15.4. The minimum Gasteiger partial charge on any atom is -0.398 e. The van der Waals surface area contributed by atoms with Crippen LogP contribution in [0, 0.1) is 22.7 Å². The van der Waals surface area contributed by atoms with Gasteiger partial charge in [0.05, 0.1) is 11.3 Å². The molecule has 7 heteroatoms. The minimum atomic E-state index is -0.551. The van der Waals surface area contributed by atoms with Crippen molar-refractivity contribution in [3.63, 3.8) is 0 Å². The fourth-order valence-electron chi connectivity index (χ4n) is 9.72. The summed E-state index contributed by atoms with van der Waals surface area (Å²) in [5.41, 5.74) is 13.4. The summed E-state index contributed by atoms with van der Waals surface area (Å²) in [5.74, 6) is 3.75. The molecule has 1 aromatic heterocycles. The highest BCUT2D eigenvalue weighted by atomic mass is 19.1. The third-order valence-electron chi connectivity index (χ3n) is 12.6. The molecule has 0 bridgehead atoms. The molecular formula is C40H59FN6. The monoisotopic (exact) mass is 642 g/mol. The van der Waals surface area contributed by atoms with Crippen LogP contribution in [0.1, 0.15) is 151 Å². The Kier molecular flexibility index (Phi) is 10.2. The zero-order valence-electron chi connectivity index (χ0n) is 29.9. The largest absolute Gasteiger partial charge is 0.398 e. The Balaban J connectivity index is 0.000000327. The summed E-state index contributed by atoms with van der Waals surface area (Å²) in [7, 11) is 0. The summed E-state index contributed by atoms with van der Waals surface area (Å²) in [6, 6.07) is 6.58. The molecule has 2 N–H and O–H groups in total. The van der Waals surface area contributed by atoms with Gasteiger partial charge in [-0.3, -0.25) is 4.90 Å². The number of nitrogens with zero attached hydrogens (tertiary/aromatic N) is 5. The van der Waals surface area contributed by atoms with E-state index in [4.69, 9.17) is 15.7 Å². The zero-order chi connectivity index (χ0) is 33.3. The van der Waals surface area contributed by atoms with Gasteiger partial charge in [0.25, 0.3) is 0 Å². The van der Waals surface area contributed by atoms with Crippen molar-refractivity contribution in [2.75, 3.05) is 36.8 Å². The summed E-state index contributed by atoms with van der Waals surface area (Å²) in [4.78, 5) is 15.2. The van der Waals surface area contributed by atoms with Crippen LogP contribution in [0.25, 0.3) is 0 Å². The molecule has 4 unspecified atom stereocenters. The number of nitrogen functional groups attached to an aromatic ring is 1. The average molecular weight is 643 g/mol. The first-order chi connectivity index (χ1) is 22.6. The van der Waals surface area contributed by atoms with Crippen LogP contribution in [0.4, 0.5) is 15.9 Å². The van der Waals surface area contributed by atoms with Crippen molar-refractivity contribution >= 4 is 11.5 Å². The number of alkyl halides is 1. The van der Waals surface area contributed by atoms with E-state index < -0.39 is 6.17 Å². The normalized spacial score (nSPS) is 28.5. The predicted octanol–water partition coefficient (Wildman–Crippen LogP) is 8.66. The van der Waals surface area contributed by atoms with Gasteiger partial charge in [-0.2, -0.15) is 5.26 Å². The lowest BCUT2D eigenvalue weighted by atomic mass is 9.66. The van der Waals surface area contributed by atoms with Crippen LogP contribution in [0.3, 0.4) is 0 Å². The smallest absolute Gasteiger partial charge is 0.135 e. The zero-order valence-corrected chi connectivity index (χ0v) is 29.9. The van der Waals surface area contributed by atoms with Gasteiger partial charge in [-0.15, -0.1) is 0 Å². The lowest BCUT2D eigenvalue weighted by molar-refractivity contribution is 0.113. The highest BCUT2D eigenvalue weighted by Crippen LogP contribution is 2.48. The first-order valence-corrected chi connectivity index (χ1v) is 18.9. The van der Waals surface area contributed by atoms with E-state index in [1.165, 1.54) is 73.1 Å². The van der Waals surface area contributed by atoms with E-state index in [2.05, 4.69) is 56.6 Å². The molecule has 1 aromatic carbocycles. The van der Waals surface area contributed by atoms with Crippen molar-refractivity contribution in [3.8, 4) is 6.07 Å². The van der Waals surface area contributed by atoms with Gasteiger partial charge in [0.1, 0.15) is 23.9 Å². The Labute approximate surface area is 283 Å². The number of hydrogen-bond donors (Lipinski definition) is 1. The fraction of sp³-hybridized carbons (Fsp3) is 0.725. The maximum absolute atomic E-state index is 12.8. The molecular weight excluding hydrogens is 583 g/mol. The van der Waals surface area contributed by atoms with Gasteiger partial charge < -0.3 is 10.6 Å². The van der Waals surface area contributed by atoms with E-state index in [9.17, 15) is 9.65 Å². The molecule has 1 saturated carbocycles. The number of hydrogen-bond acceptors (Lipinski definition) is 6. The van der Waals surface area contributed by atoms with Gasteiger partial charge >= 0.3 is 0 Å². The first kappa shape index (κ1) is 34.2. The molecule has 2 aromatic rings. The van der Waals surface area contributed by atoms with Gasteiger partial charge in [0, 0.05) is 48.3 Å². The molecule has 256 valence electrons. The van der Waals surface area contributed by atoms with Crippen LogP contribution in [0.5, 0.6) is 0 Å². The summed E-state index contributed by atoms with van der Waals surface area (Å²) < 4.78 is 12.8. The van der Waals surface area contributed by atoms with Crippen molar-refractivity contribution in [3.05, 3.63) is 45.9 Å². The Morgan fingerprint density at radius 2 is 1.81 bits per heavy atom.